The van der Waals surface area contributed by atoms with Crippen molar-refractivity contribution in [2.24, 2.45) is 5.41 Å². The molecule has 3 heteroatoms. The molecule has 0 bridgehead atoms. The van der Waals surface area contributed by atoms with Gasteiger partial charge in [0.25, 0.3) is 0 Å². The van der Waals surface area contributed by atoms with Crippen molar-refractivity contribution in [2.45, 2.75) is 25.7 Å². The van der Waals surface area contributed by atoms with Gasteiger partial charge in [0, 0.05) is 6.54 Å². The molecule has 1 heterocycles. The Labute approximate surface area is 77.8 Å². The Balaban J connectivity index is 2.20. The first-order chi connectivity index (χ1) is 6.26. The first kappa shape index (κ1) is 8.75. The Morgan fingerprint density at radius 3 is 2.69 bits per heavy atom. The number of carboxylic acid groups (broad SMARTS) is 1. The molecule has 0 saturated heterocycles. The zero-order chi connectivity index (χ0) is 9.31. The molecule has 1 aliphatic heterocycles. The van der Waals surface area contributed by atoms with E-state index in [0.717, 1.165) is 44.3 Å². The standard InChI is InChI=1S/C10H15NO2/c12-9(13)10(4-1-5-10)8-2-6-11-7-3-8/h2,11H,1,3-7H2,(H,12,13). The van der Waals surface area contributed by atoms with E-state index < -0.39 is 11.4 Å². The van der Waals surface area contributed by atoms with Crippen LogP contribution >= 0.6 is 0 Å². The van der Waals surface area contributed by atoms with Crippen LogP contribution in [-0.2, 0) is 4.79 Å². The molecule has 72 valence electrons. The summed E-state index contributed by atoms with van der Waals surface area (Å²) >= 11 is 0. The smallest absolute Gasteiger partial charge is 0.313 e. The summed E-state index contributed by atoms with van der Waals surface area (Å²) < 4.78 is 0. The average Bonchev–Trinajstić information content (AvgIpc) is 2.03. The molecule has 0 spiro atoms. The first-order valence-corrected chi connectivity index (χ1v) is 4.89. The molecule has 0 aromatic rings. The number of aliphatic carboxylic acids is 1. The molecule has 0 amide bonds. The van der Waals surface area contributed by atoms with E-state index in [0.29, 0.717) is 0 Å². The van der Waals surface area contributed by atoms with Gasteiger partial charge in [0.1, 0.15) is 0 Å². The number of hydrogen-bond donors (Lipinski definition) is 2. The third kappa shape index (κ3) is 1.27. The van der Waals surface area contributed by atoms with Crippen molar-refractivity contribution in [3.05, 3.63) is 11.6 Å². The second kappa shape index (κ2) is 3.14. The van der Waals surface area contributed by atoms with Crippen molar-refractivity contribution in [3.63, 3.8) is 0 Å². The summed E-state index contributed by atoms with van der Waals surface area (Å²) in [5.74, 6) is -0.619. The maximum absolute atomic E-state index is 11.1. The van der Waals surface area contributed by atoms with Gasteiger partial charge in [-0.25, -0.2) is 0 Å². The molecule has 0 aromatic heterocycles. The predicted molar refractivity (Wildman–Crippen MR) is 49.5 cm³/mol. The van der Waals surface area contributed by atoms with E-state index in [-0.39, 0.29) is 0 Å². The third-order valence-corrected chi connectivity index (χ3v) is 3.30. The van der Waals surface area contributed by atoms with E-state index in [9.17, 15) is 9.90 Å². The van der Waals surface area contributed by atoms with Crippen LogP contribution in [0.2, 0.25) is 0 Å². The lowest BCUT2D eigenvalue weighted by atomic mass is 9.63. The van der Waals surface area contributed by atoms with Gasteiger partial charge in [-0.2, -0.15) is 0 Å². The molecule has 13 heavy (non-hydrogen) atoms. The van der Waals surface area contributed by atoms with Crippen LogP contribution in [0.4, 0.5) is 0 Å². The van der Waals surface area contributed by atoms with Crippen molar-refractivity contribution in [1.82, 2.24) is 5.32 Å². The molecule has 0 aromatic carbocycles. The van der Waals surface area contributed by atoms with Crippen LogP contribution in [0.15, 0.2) is 11.6 Å². The Kier molecular flexibility index (Phi) is 2.12. The SMILES string of the molecule is O=C(O)C1(C2=CCNCC2)CCC1. The minimum atomic E-state index is -0.619. The van der Waals surface area contributed by atoms with Gasteiger partial charge in [-0.05, 0) is 25.8 Å². The Bertz CT molecular complexity index is 254. The second-order valence-corrected chi connectivity index (χ2v) is 3.92. The normalized spacial score (nSPS) is 26.0. The van der Waals surface area contributed by atoms with Crippen LogP contribution in [0.5, 0.6) is 0 Å². The molecular weight excluding hydrogens is 166 g/mol. The average molecular weight is 181 g/mol. The summed E-state index contributed by atoms with van der Waals surface area (Å²) in [4.78, 5) is 11.1. The fourth-order valence-corrected chi connectivity index (χ4v) is 2.26. The van der Waals surface area contributed by atoms with Crippen molar-refractivity contribution < 1.29 is 9.90 Å². The van der Waals surface area contributed by atoms with Gasteiger partial charge in [-0.1, -0.05) is 18.1 Å². The van der Waals surface area contributed by atoms with Crippen molar-refractivity contribution in [3.8, 4) is 0 Å². The fourth-order valence-electron chi connectivity index (χ4n) is 2.26. The van der Waals surface area contributed by atoms with E-state index in [4.69, 9.17) is 0 Å². The zero-order valence-corrected chi connectivity index (χ0v) is 7.68. The highest BCUT2D eigenvalue weighted by Gasteiger charge is 2.47. The van der Waals surface area contributed by atoms with Crippen molar-refractivity contribution in [1.29, 1.82) is 0 Å². The van der Waals surface area contributed by atoms with E-state index in [2.05, 4.69) is 11.4 Å². The molecule has 1 aliphatic carbocycles. The van der Waals surface area contributed by atoms with Gasteiger partial charge >= 0.3 is 5.97 Å². The summed E-state index contributed by atoms with van der Waals surface area (Å²) in [5.41, 5.74) is 0.687. The molecule has 2 rings (SSSR count). The number of nitrogens with one attached hydrogen (secondary N) is 1. The molecule has 0 atom stereocenters. The molecule has 1 saturated carbocycles. The van der Waals surface area contributed by atoms with Gasteiger partial charge in [0.05, 0.1) is 5.41 Å². The Morgan fingerprint density at radius 1 is 1.54 bits per heavy atom. The van der Waals surface area contributed by atoms with Gasteiger partial charge in [-0.15, -0.1) is 0 Å². The van der Waals surface area contributed by atoms with Crippen LogP contribution < -0.4 is 5.32 Å². The van der Waals surface area contributed by atoms with Crippen LogP contribution in [0.1, 0.15) is 25.7 Å². The van der Waals surface area contributed by atoms with E-state index >= 15 is 0 Å². The topological polar surface area (TPSA) is 49.3 Å². The van der Waals surface area contributed by atoms with Gasteiger partial charge in [-0.3, -0.25) is 4.79 Å². The fraction of sp³-hybridized carbons (Fsp3) is 0.700. The number of carbonyl (C=O) groups is 1. The summed E-state index contributed by atoms with van der Waals surface area (Å²) in [6, 6.07) is 0. The minimum absolute atomic E-state index is 0.470. The first-order valence-electron chi connectivity index (χ1n) is 4.89. The maximum atomic E-state index is 11.1. The molecule has 0 radical (unpaired) electrons. The highest BCUT2D eigenvalue weighted by Crippen LogP contribution is 2.48. The van der Waals surface area contributed by atoms with Gasteiger partial charge < -0.3 is 10.4 Å². The monoisotopic (exact) mass is 181 g/mol. The largest absolute Gasteiger partial charge is 0.481 e. The molecule has 0 unspecified atom stereocenters. The van der Waals surface area contributed by atoms with Crippen molar-refractivity contribution in [2.75, 3.05) is 13.1 Å². The number of carboxylic acids is 1. The minimum Gasteiger partial charge on any atom is -0.481 e. The lowest BCUT2D eigenvalue weighted by Gasteiger charge is -2.41. The summed E-state index contributed by atoms with van der Waals surface area (Å²) in [7, 11) is 0. The second-order valence-electron chi connectivity index (χ2n) is 3.92. The summed E-state index contributed by atoms with van der Waals surface area (Å²) in [6.07, 6.45) is 5.72. The molecular formula is C10H15NO2. The van der Waals surface area contributed by atoms with Crippen LogP contribution in [0, 0.1) is 5.41 Å². The third-order valence-electron chi connectivity index (χ3n) is 3.30. The summed E-state index contributed by atoms with van der Waals surface area (Å²) in [6.45, 7) is 1.77. The van der Waals surface area contributed by atoms with Crippen LogP contribution in [0.3, 0.4) is 0 Å². The number of rotatable bonds is 2. The lowest BCUT2D eigenvalue weighted by molar-refractivity contribution is -0.151. The Hall–Kier alpha value is -0.830. The van der Waals surface area contributed by atoms with E-state index in [1.165, 1.54) is 0 Å². The van der Waals surface area contributed by atoms with Gasteiger partial charge in [0.15, 0.2) is 0 Å². The zero-order valence-electron chi connectivity index (χ0n) is 7.68. The highest BCUT2D eigenvalue weighted by molar-refractivity contribution is 5.79. The molecule has 2 N–H and O–H groups in total. The highest BCUT2D eigenvalue weighted by atomic mass is 16.4. The van der Waals surface area contributed by atoms with E-state index in [1.54, 1.807) is 0 Å². The van der Waals surface area contributed by atoms with Crippen LogP contribution in [-0.4, -0.2) is 24.2 Å². The Morgan fingerprint density at radius 2 is 2.31 bits per heavy atom. The summed E-state index contributed by atoms with van der Waals surface area (Å²) in [5, 5.41) is 12.4. The molecule has 2 aliphatic rings. The van der Waals surface area contributed by atoms with Crippen LogP contribution in [0.25, 0.3) is 0 Å². The maximum Gasteiger partial charge on any atom is 0.313 e. The number of hydrogen-bond acceptors (Lipinski definition) is 2. The molecule has 3 nitrogen and oxygen atoms in total. The van der Waals surface area contributed by atoms with Crippen molar-refractivity contribution >= 4 is 5.97 Å². The molecule has 1 fully saturated rings. The van der Waals surface area contributed by atoms with E-state index in [1.807, 2.05) is 0 Å². The van der Waals surface area contributed by atoms with Gasteiger partial charge in [0.2, 0.25) is 0 Å². The predicted octanol–water partition coefficient (Wildman–Crippen LogP) is 1.16. The quantitative estimate of drug-likeness (QED) is 0.628. The lowest BCUT2D eigenvalue weighted by Crippen LogP contribution is -2.42.